The van der Waals surface area contributed by atoms with Gasteiger partial charge in [-0.25, -0.2) is 9.48 Å². The number of benzene rings is 1. The van der Waals surface area contributed by atoms with E-state index < -0.39 is 12.0 Å². The Bertz CT molecular complexity index is 784. The number of aromatic nitrogens is 2. The lowest BCUT2D eigenvalue weighted by Gasteiger charge is -2.14. The van der Waals surface area contributed by atoms with Crippen LogP contribution in [0.2, 0.25) is 5.02 Å². The van der Waals surface area contributed by atoms with Crippen LogP contribution in [-0.2, 0) is 16.0 Å². The van der Waals surface area contributed by atoms with Crippen molar-refractivity contribution in [3.8, 4) is 5.69 Å². The van der Waals surface area contributed by atoms with Crippen molar-refractivity contribution in [3.63, 3.8) is 0 Å². The summed E-state index contributed by atoms with van der Waals surface area (Å²) in [4.78, 5) is 23.7. The smallest absolute Gasteiger partial charge is 0.326 e. The minimum absolute atomic E-state index is 0.0984. The second kappa shape index (κ2) is 8.85. The Hall–Kier alpha value is -2.34. The Kier molecular flexibility index (Phi) is 6.80. The number of unbranched alkanes of at least 4 members (excludes halogenated alkanes) is 1. The zero-order valence-corrected chi connectivity index (χ0v) is 16.0. The van der Waals surface area contributed by atoms with Crippen LogP contribution in [0.3, 0.4) is 0 Å². The molecule has 26 heavy (non-hydrogen) atoms. The highest BCUT2D eigenvalue weighted by molar-refractivity contribution is 6.30. The van der Waals surface area contributed by atoms with Crippen LogP contribution in [-0.4, -0.2) is 32.8 Å². The number of carboxylic acids is 1. The van der Waals surface area contributed by atoms with Gasteiger partial charge in [-0.15, -0.1) is 0 Å². The Labute approximate surface area is 158 Å². The predicted molar refractivity (Wildman–Crippen MR) is 101 cm³/mol. The zero-order chi connectivity index (χ0) is 19.3. The predicted octanol–water partition coefficient (Wildman–Crippen LogP) is 3.44. The number of rotatable bonds is 8. The van der Waals surface area contributed by atoms with Crippen molar-refractivity contribution >= 4 is 23.5 Å². The quantitative estimate of drug-likeness (QED) is 0.738. The van der Waals surface area contributed by atoms with Gasteiger partial charge in [-0.05, 0) is 44.5 Å². The van der Waals surface area contributed by atoms with Gasteiger partial charge in [-0.3, -0.25) is 4.79 Å². The van der Waals surface area contributed by atoms with Gasteiger partial charge in [0.15, 0.2) is 0 Å². The van der Waals surface area contributed by atoms with Gasteiger partial charge < -0.3 is 10.4 Å². The van der Waals surface area contributed by atoms with Crippen LogP contribution in [0, 0.1) is 13.8 Å². The van der Waals surface area contributed by atoms with Crippen molar-refractivity contribution in [1.29, 1.82) is 0 Å². The number of aryl methyl sites for hydroxylation is 1. The normalized spacial score (nSPS) is 12.0. The summed E-state index contributed by atoms with van der Waals surface area (Å²) in [6.45, 7) is 5.72. The fraction of sp³-hybridized carbons (Fsp3) is 0.421. The lowest BCUT2D eigenvalue weighted by molar-refractivity contribution is -0.142. The van der Waals surface area contributed by atoms with Gasteiger partial charge in [0, 0.05) is 16.3 Å². The lowest BCUT2D eigenvalue weighted by Crippen LogP contribution is -2.41. The lowest BCUT2D eigenvalue weighted by atomic mass is 10.1. The van der Waals surface area contributed by atoms with E-state index in [0.717, 1.165) is 35.5 Å². The number of carbonyl (C=O) groups excluding carboxylic acids is 1. The maximum absolute atomic E-state index is 12.4. The Morgan fingerprint density at radius 3 is 2.50 bits per heavy atom. The molecule has 1 heterocycles. The summed E-state index contributed by atoms with van der Waals surface area (Å²) in [7, 11) is 0. The van der Waals surface area contributed by atoms with E-state index in [2.05, 4.69) is 10.4 Å². The molecule has 0 bridgehead atoms. The summed E-state index contributed by atoms with van der Waals surface area (Å²) < 4.78 is 1.76. The van der Waals surface area contributed by atoms with E-state index >= 15 is 0 Å². The highest BCUT2D eigenvalue weighted by atomic mass is 35.5. The van der Waals surface area contributed by atoms with Crippen LogP contribution in [0.5, 0.6) is 0 Å². The van der Waals surface area contributed by atoms with Crippen molar-refractivity contribution in [1.82, 2.24) is 15.1 Å². The Morgan fingerprint density at radius 2 is 1.92 bits per heavy atom. The first-order valence-corrected chi connectivity index (χ1v) is 9.04. The molecule has 0 saturated heterocycles. The van der Waals surface area contributed by atoms with Crippen molar-refractivity contribution in [2.45, 2.75) is 52.5 Å². The SMILES string of the molecule is CCCC[C@H](NC(=O)Cc1c(C)nn(-c2ccc(Cl)cc2)c1C)C(=O)O. The van der Waals surface area contributed by atoms with Crippen molar-refractivity contribution in [2.75, 3.05) is 0 Å². The highest BCUT2D eigenvalue weighted by Crippen LogP contribution is 2.20. The highest BCUT2D eigenvalue weighted by Gasteiger charge is 2.21. The minimum Gasteiger partial charge on any atom is -0.480 e. The number of amides is 1. The van der Waals surface area contributed by atoms with Crippen molar-refractivity contribution < 1.29 is 14.7 Å². The molecule has 0 radical (unpaired) electrons. The molecule has 2 rings (SSSR count). The number of hydrogen-bond acceptors (Lipinski definition) is 3. The summed E-state index contributed by atoms with van der Waals surface area (Å²) >= 11 is 5.92. The van der Waals surface area contributed by atoms with Gasteiger partial charge >= 0.3 is 5.97 Å². The van der Waals surface area contributed by atoms with Crippen LogP contribution in [0.4, 0.5) is 0 Å². The summed E-state index contributed by atoms with van der Waals surface area (Å²) in [6.07, 6.45) is 2.16. The van der Waals surface area contributed by atoms with E-state index in [0.29, 0.717) is 11.4 Å². The third kappa shape index (κ3) is 4.85. The summed E-state index contributed by atoms with van der Waals surface area (Å²) in [6, 6.07) is 6.43. The largest absolute Gasteiger partial charge is 0.480 e. The number of carboxylic acid groups (broad SMARTS) is 1. The number of hydrogen-bond donors (Lipinski definition) is 2. The first-order valence-electron chi connectivity index (χ1n) is 8.66. The van der Waals surface area contributed by atoms with E-state index in [9.17, 15) is 14.7 Å². The zero-order valence-electron chi connectivity index (χ0n) is 15.3. The molecule has 1 aromatic heterocycles. The second-order valence-electron chi connectivity index (χ2n) is 6.31. The minimum atomic E-state index is -1.00. The molecule has 1 atom stereocenters. The molecular formula is C19H24ClN3O3. The monoisotopic (exact) mass is 377 g/mol. The molecule has 2 N–H and O–H groups in total. The van der Waals surface area contributed by atoms with Gasteiger partial charge in [-0.2, -0.15) is 5.10 Å². The standard InChI is InChI=1S/C19H24ClN3O3/c1-4-5-6-17(19(25)26)21-18(24)11-16-12(2)22-23(13(16)3)15-9-7-14(20)8-10-15/h7-10,17H,4-6,11H2,1-3H3,(H,21,24)(H,25,26)/t17-/m0/s1. The van der Waals surface area contributed by atoms with Crippen molar-refractivity contribution in [2.24, 2.45) is 0 Å². The van der Waals surface area contributed by atoms with Crippen molar-refractivity contribution in [3.05, 3.63) is 46.2 Å². The van der Waals surface area contributed by atoms with Gasteiger partial charge in [0.1, 0.15) is 6.04 Å². The fourth-order valence-corrected chi connectivity index (χ4v) is 2.96. The first kappa shape index (κ1) is 20.0. The van der Waals surface area contributed by atoms with E-state index in [1.54, 1.807) is 16.8 Å². The van der Waals surface area contributed by atoms with E-state index in [-0.39, 0.29) is 12.3 Å². The maximum atomic E-state index is 12.4. The van der Waals surface area contributed by atoms with Crippen LogP contribution in [0.1, 0.15) is 43.1 Å². The molecule has 140 valence electrons. The Morgan fingerprint density at radius 1 is 1.27 bits per heavy atom. The third-order valence-electron chi connectivity index (χ3n) is 4.33. The van der Waals surface area contributed by atoms with Crippen LogP contribution < -0.4 is 5.32 Å². The number of nitrogens with zero attached hydrogens (tertiary/aromatic N) is 2. The topological polar surface area (TPSA) is 84.2 Å². The first-order chi connectivity index (χ1) is 12.3. The van der Waals surface area contributed by atoms with Gasteiger partial charge in [0.25, 0.3) is 0 Å². The molecule has 0 aliphatic carbocycles. The maximum Gasteiger partial charge on any atom is 0.326 e. The molecule has 7 heteroatoms. The molecule has 2 aromatic rings. The number of nitrogens with one attached hydrogen (secondary N) is 1. The molecule has 0 fully saturated rings. The molecule has 0 spiro atoms. The molecule has 1 aromatic carbocycles. The summed E-state index contributed by atoms with van der Waals surface area (Å²) in [5, 5.41) is 17.0. The van der Waals surface area contributed by atoms with Gasteiger partial charge in [-0.1, -0.05) is 31.4 Å². The van der Waals surface area contributed by atoms with Crippen LogP contribution in [0.25, 0.3) is 5.69 Å². The summed E-state index contributed by atoms with van der Waals surface area (Å²) in [5.41, 5.74) is 3.25. The fourth-order valence-electron chi connectivity index (χ4n) is 2.84. The average Bonchev–Trinajstić information content (AvgIpc) is 2.87. The molecule has 6 nitrogen and oxygen atoms in total. The molecule has 0 saturated carbocycles. The second-order valence-corrected chi connectivity index (χ2v) is 6.75. The molecule has 0 unspecified atom stereocenters. The molecular weight excluding hydrogens is 354 g/mol. The summed E-state index contributed by atoms with van der Waals surface area (Å²) in [5.74, 6) is -1.31. The van der Waals surface area contributed by atoms with E-state index in [4.69, 9.17) is 11.6 Å². The van der Waals surface area contributed by atoms with Crippen LogP contribution in [0.15, 0.2) is 24.3 Å². The molecule has 1 amide bonds. The Balaban J connectivity index is 2.15. The number of aliphatic carboxylic acids is 1. The number of carbonyl (C=O) groups is 2. The average molecular weight is 378 g/mol. The molecule has 0 aliphatic heterocycles. The van der Waals surface area contributed by atoms with Crippen LogP contribution >= 0.6 is 11.6 Å². The van der Waals surface area contributed by atoms with Gasteiger partial charge in [0.2, 0.25) is 5.91 Å². The van der Waals surface area contributed by atoms with E-state index in [1.807, 2.05) is 32.9 Å². The van der Waals surface area contributed by atoms with E-state index in [1.165, 1.54) is 0 Å². The molecule has 0 aliphatic rings. The third-order valence-corrected chi connectivity index (χ3v) is 4.58. The van der Waals surface area contributed by atoms with Gasteiger partial charge in [0.05, 0.1) is 17.8 Å². The number of halogens is 1.